The van der Waals surface area contributed by atoms with Gasteiger partial charge in [-0.3, -0.25) is 0 Å². The number of pyridine rings is 1. The maximum Gasteiger partial charge on any atom is 0.215 e. The second-order valence-electron chi connectivity index (χ2n) is 8.48. The molecule has 0 unspecified atom stereocenters. The molecule has 0 atom stereocenters. The van der Waals surface area contributed by atoms with Gasteiger partial charge in [-0.1, -0.05) is 32.9 Å². The Morgan fingerprint density at radius 1 is 1.07 bits per heavy atom. The van der Waals surface area contributed by atoms with Crippen LogP contribution in [0.2, 0.25) is 0 Å². The van der Waals surface area contributed by atoms with Crippen LogP contribution < -0.4 is 10.2 Å². The molecule has 2 aromatic heterocycles. The van der Waals surface area contributed by atoms with Crippen molar-refractivity contribution in [3.05, 3.63) is 48.2 Å². The topological polar surface area (TPSA) is 62.3 Å². The number of benzene rings is 1. The molecule has 0 spiro atoms. The molecule has 0 aliphatic carbocycles. The summed E-state index contributed by atoms with van der Waals surface area (Å²) in [4.78, 5) is 7.18. The first kappa shape index (κ1) is 23.0. The van der Waals surface area contributed by atoms with Crippen molar-refractivity contribution in [3.8, 4) is 0 Å². The lowest BCUT2D eigenvalue weighted by Gasteiger charge is -2.21. The van der Waals surface area contributed by atoms with Gasteiger partial charge in [-0.2, -0.15) is 0 Å². The van der Waals surface area contributed by atoms with E-state index in [-0.39, 0.29) is 17.8 Å². The fourth-order valence-electron chi connectivity index (χ4n) is 3.62. The lowest BCUT2D eigenvalue weighted by Crippen LogP contribution is -2.28. The average Bonchev–Trinajstić information content (AvgIpc) is 2.96. The number of fused-ring (bicyclic) bond motifs is 1. The highest BCUT2D eigenvalue weighted by atomic mass is 35.5. The van der Waals surface area contributed by atoms with Crippen LogP contribution in [0.4, 0.5) is 5.82 Å². The largest absolute Gasteiger partial charge is 0.355 e. The van der Waals surface area contributed by atoms with Gasteiger partial charge in [-0.15, -0.1) is 23.7 Å². The number of rotatable bonds is 3. The van der Waals surface area contributed by atoms with Crippen LogP contribution in [0.25, 0.3) is 10.1 Å². The first-order valence-electron chi connectivity index (χ1n) is 9.97. The van der Waals surface area contributed by atoms with Gasteiger partial charge in [0.1, 0.15) is 10.0 Å². The van der Waals surface area contributed by atoms with Gasteiger partial charge in [-0.05, 0) is 48.2 Å². The number of thiophene rings is 1. The SMILES string of the molecule is CC(C)(C)c1ccc(S(=O)(=O)c2cc3c(N4CCCNCC4)nccc3s2)cc1.Cl. The quantitative estimate of drug-likeness (QED) is 0.610. The highest BCUT2D eigenvalue weighted by Crippen LogP contribution is 2.37. The van der Waals surface area contributed by atoms with Gasteiger partial charge in [0.05, 0.1) is 4.90 Å². The molecular formula is C22H28ClN3O2S2. The molecule has 1 aromatic carbocycles. The molecule has 3 aromatic rings. The Balaban J connectivity index is 0.00000256. The summed E-state index contributed by atoms with van der Waals surface area (Å²) >= 11 is 1.32. The van der Waals surface area contributed by atoms with Crippen molar-refractivity contribution < 1.29 is 8.42 Å². The lowest BCUT2D eigenvalue weighted by atomic mass is 9.87. The third-order valence-corrected chi connectivity index (χ3v) is 8.68. The Morgan fingerprint density at radius 2 is 1.80 bits per heavy atom. The molecule has 0 bridgehead atoms. The molecular weight excluding hydrogens is 438 g/mol. The van der Waals surface area contributed by atoms with Gasteiger partial charge >= 0.3 is 0 Å². The molecule has 1 N–H and O–H groups in total. The lowest BCUT2D eigenvalue weighted by molar-refractivity contribution is 0.587. The number of hydrogen-bond acceptors (Lipinski definition) is 6. The Hall–Kier alpha value is -1.67. The number of anilines is 1. The molecule has 1 aliphatic rings. The maximum atomic E-state index is 13.3. The molecule has 3 heterocycles. The summed E-state index contributed by atoms with van der Waals surface area (Å²) in [6.45, 7) is 10.1. The van der Waals surface area contributed by atoms with Crippen LogP contribution in [0.5, 0.6) is 0 Å². The summed E-state index contributed by atoms with van der Waals surface area (Å²) in [5.74, 6) is 0.881. The van der Waals surface area contributed by atoms with E-state index in [1.54, 1.807) is 24.4 Å². The minimum absolute atomic E-state index is 0. The molecule has 1 aliphatic heterocycles. The van der Waals surface area contributed by atoms with Crippen LogP contribution in [0.3, 0.4) is 0 Å². The molecule has 1 saturated heterocycles. The van der Waals surface area contributed by atoms with E-state index in [1.807, 2.05) is 18.2 Å². The molecule has 4 rings (SSSR count). The van der Waals surface area contributed by atoms with Gasteiger partial charge < -0.3 is 10.2 Å². The third kappa shape index (κ3) is 4.49. The van der Waals surface area contributed by atoms with E-state index in [0.717, 1.165) is 54.1 Å². The predicted octanol–water partition coefficient (Wildman–Crippen LogP) is 4.65. The fraction of sp³-hybridized carbons (Fsp3) is 0.409. The summed E-state index contributed by atoms with van der Waals surface area (Å²) < 4.78 is 27.9. The molecule has 0 amide bonds. The van der Waals surface area contributed by atoms with E-state index >= 15 is 0 Å². The number of hydrogen-bond donors (Lipinski definition) is 1. The first-order valence-corrected chi connectivity index (χ1v) is 12.3. The van der Waals surface area contributed by atoms with E-state index in [1.165, 1.54) is 11.3 Å². The average molecular weight is 466 g/mol. The molecule has 8 heteroatoms. The Labute approximate surface area is 188 Å². The van der Waals surface area contributed by atoms with Crippen LogP contribution in [0.1, 0.15) is 32.8 Å². The van der Waals surface area contributed by atoms with E-state index in [4.69, 9.17) is 0 Å². The van der Waals surface area contributed by atoms with E-state index in [0.29, 0.717) is 9.10 Å². The zero-order valence-corrected chi connectivity index (χ0v) is 20.0. The van der Waals surface area contributed by atoms with Crippen LogP contribution >= 0.6 is 23.7 Å². The maximum absolute atomic E-state index is 13.3. The molecule has 30 heavy (non-hydrogen) atoms. The van der Waals surface area contributed by atoms with Gasteiger partial charge in [0.2, 0.25) is 9.84 Å². The van der Waals surface area contributed by atoms with Gasteiger partial charge in [0.25, 0.3) is 0 Å². The smallest absolute Gasteiger partial charge is 0.215 e. The van der Waals surface area contributed by atoms with E-state index in [9.17, 15) is 8.42 Å². The van der Waals surface area contributed by atoms with Crippen LogP contribution in [-0.2, 0) is 15.3 Å². The van der Waals surface area contributed by atoms with Crippen molar-refractivity contribution in [2.75, 3.05) is 31.1 Å². The van der Waals surface area contributed by atoms with Crippen LogP contribution in [0.15, 0.2) is 51.7 Å². The standard InChI is InChI=1S/C22H27N3O2S2.ClH/c1-22(2,3)16-5-7-17(8-6-16)29(26,27)20-15-18-19(28-20)9-11-24-21(18)25-13-4-10-23-12-14-25;/h5-9,11,15,23H,4,10,12-14H2,1-3H3;1H. The molecule has 5 nitrogen and oxygen atoms in total. The van der Waals surface area contributed by atoms with Crippen molar-refractivity contribution >= 4 is 49.5 Å². The number of nitrogens with one attached hydrogen (secondary N) is 1. The number of aromatic nitrogens is 1. The zero-order chi connectivity index (χ0) is 20.6. The first-order chi connectivity index (χ1) is 13.8. The number of halogens is 1. The van der Waals surface area contributed by atoms with E-state index in [2.05, 4.69) is 36.0 Å². The minimum atomic E-state index is -3.56. The van der Waals surface area contributed by atoms with Crippen molar-refractivity contribution in [2.24, 2.45) is 0 Å². The van der Waals surface area contributed by atoms with Gasteiger partial charge in [0, 0.05) is 35.9 Å². The summed E-state index contributed by atoms with van der Waals surface area (Å²) in [7, 11) is -3.56. The summed E-state index contributed by atoms with van der Waals surface area (Å²) in [5.41, 5.74) is 1.11. The normalized spacial score (nSPS) is 15.6. The van der Waals surface area contributed by atoms with E-state index < -0.39 is 9.84 Å². The van der Waals surface area contributed by atoms with Crippen molar-refractivity contribution in [1.29, 1.82) is 0 Å². The van der Waals surface area contributed by atoms with Crippen LogP contribution in [-0.4, -0.2) is 39.6 Å². The summed E-state index contributed by atoms with van der Waals surface area (Å²) in [6, 6.07) is 11.0. The Morgan fingerprint density at radius 3 is 2.50 bits per heavy atom. The highest BCUT2D eigenvalue weighted by molar-refractivity contribution is 7.93. The monoisotopic (exact) mass is 465 g/mol. The molecule has 0 saturated carbocycles. The third-order valence-electron chi connectivity index (χ3n) is 5.34. The van der Waals surface area contributed by atoms with Crippen molar-refractivity contribution in [3.63, 3.8) is 0 Å². The number of nitrogens with zero attached hydrogens (tertiary/aromatic N) is 2. The predicted molar refractivity (Wildman–Crippen MR) is 127 cm³/mol. The van der Waals surface area contributed by atoms with Crippen molar-refractivity contribution in [2.45, 2.75) is 41.7 Å². The molecule has 0 radical (unpaired) electrons. The highest BCUT2D eigenvalue weighted by Gasteiger charge is 2.24. The fourth-order valence-corrected chi connectivity index (χ4v) is 6.40. The second-order valence-corrected chi connectivity index (χ2v) is 11.7. The Bertz CT molecular complexity index is 1110. The molecule has 1 fully saturated rings. The van der Waals surface area contributed by atoms with Gasteiger partial charge in [-0.25, -0.2) is 13.4 Å². The van der Waals surface area contributed by atoms with Gasteiger partial charge in [0.15, 0.2) is 0 Å². The minimum Gasteiger partial charge on any atom is -0.355 e. The summed E-state index contributed by atoms with van der Waals surface area (Å²) in [6.07, 6.45) is 2.83. The van der Waals surface area contributed by atoms with Crippen LogP contribution in [0, 0.1) is 0 Å². The molecule has 162 valence electrons. The summed E-state index contributed by atoms with van der Waals surface area (Å²) in [5, 5.41) is 4.32. The van der Waals surface area contributed by atoms with Crippen molar-refractivity contribution in [1.82, 2.24) is 10.3 Å². The Kier molecular flexibility index (Phi) is 6.77. The second kappa shape index (κ2) is 8.83. The number of sulfone groups is 1. The zero-order valence-electron chi connectivity index (χ0n) is 17.5.